The van der Waals surface area contributed by atoms with E-state index in [1.54, 1.807) is 6.07 Å². The summed E-state index contributed by atoms with van der Waals surface area (Å²) in [5, 5.41) is 5.08. The first kappa shape index (κ1) is 29.7. The summed E-state index contributed by atoms with van der Waals surface area (Å²) in [5.41, 5.74) is 4.18. The molecule has 0 aliphatic rings. The molecule has 1 aromatic heterocycles. The number of H-pyrrole nitrogens is 1. The van der Waals surface area contributed by atoms with Gasteiger partial charge in [0.15, 0.2) is 0 Å². The zero-order valence-electron chi connectivity index (χ0n) is 22.8. The lowest BCUT2D eigenvalue weighted by atomic mass is 10.1. The first-order valence-electron chi connectivity index (χ1n) is 13.7. The third-order valence-electron chi connectivity index (χ3n) is 6.92. The van der Waals surface area contributed by atoms with Crippen LogP contribution in [0.1, 0.15) is 36.5 Å². The monoisotopic (exact) mass is 578 g/mol. The number of fused-ring (bicyclic) bond motifs is 1. The Kier molecular flexibility index (Phi) is 11.0. The number of hydrogen-bond donors (Lipinski definition) is 2. The molecule has 2 amide bonds. The summed E-state index contributed by atoms with van der Waals surface area (Å²) in [7, 11) is 0. The van der Waals surface area contributed by atoms with Gasteiger partial charge in [0.2, 0.25) is 11.8 Å². The molecule has 0 aliphatic heterocycles. The Bertz CT molecular complexity index is 1410. The summed E-state index contributed by atoms with van der Waals surface area (Å²) in [6.45, 7) is 4.50. The topological polar surface area (TPSA) is 68.4 Å². The number of aromatic nitrogens is 1. The number of carbonyl (C=O) groups is 2. The highest BCUT2D eigenvalue weighted by Gasteiger charge is 2.20. The van der Waals surface area contributed by atoms with E-state index in [1.807, 2.05) is 76.7 Å². The van der Waals surface area contributed by atoms with Gasteiger partial charge in [0.25, 0.3) is 0 Å². The van der Waals surface area contributed by atoms with Crippen LogP contribution in [0.3, 0.4) is 0 Å². The minimum Gasteiger partial charge on any atom is -0.361 e. The Hall–Kier alpha value is -3.32. The summed E-state index contributed by atoms with van der Waals surface area (Å²) in [6, 6.07) is 23.4. The van der Waals surface area contributed by atoms with Crippen LogP contribution >= 0.6 is 23.2 Å². The molecule has 0 saturated heterocycles. The van der Waals surface area contributed by atoms with Crippen LogP contribution in [0.4, 0.5) is 0 Å². The lowest BCUT2D eigenvalue weighted by molar-refractivity contribution is -0.133. The summed E-state index contributed by atoms with van der Waals surface area (Å²) in [5.74, 6) is -0.125. The summed E-state index contributed by atoms with van der Waals surface area (Å²) in [4.78, 5) is 33.7. The molecule has 0 fully saturated rings. The Morgan fingerprint density at radius 2 is 1.65 bits per heavy atom. The van der Waals surface area contributed by atoms with Crippen LogP contribution in [0.25, 0.3) is 10.9 Å². The highest BCUT2D eigenvalue weighted by Crippen LogP contribution is 2.24. The van der Waals surface area contributed by atoms with E-state index < -0.39 is 0 Å². The van der Waals surface area contributed by atoms with Gasteiger partial charge in [-0.1, -0.05) is 91.1 Å². The van der Waals surface area contributed by atoms with Crippen molar-refractivity contribution in [3.8, 4) is 0 Å². The molecule has 0 bridgehead atoms. The standard InChI is InChI=1S/C32H36Cl2N4O2/c1-2-3-16-37(22-31(39)36-19-24-9-5-4-6-10-24)23-32(40)38(21-25-13-14-28(33)29(34)18-25)17-15-26-20-35-30-12-8-7-11-27(26)30/h4-14,18,20,35H,2-3,15-17,19,21-23H2,1H3,(H,36,39). The molecule has 2 N–H and O–H groups in total. The smallest absolute Gasteiger partial charge is 0.237 e. The van der Waals surface area contributed by atoms with E-state index in [4.69, 9.17) is 23.2 Å². The van der Waals surface area contributed by atoms with Gasteiger partial charge in [-0.15, -0.1) is 0 Å². The second-order valence-corrected chi connectivity index (χ2v) is 10.8. The molecule has 0 saturated carbocycles. The van der Waals surface area contributed by atoms with Crippen molar-refractivity contribution in [2.24, 2.45) is 0 Å². The number of rotatable bonds is 14. The van der Waals surface area contributed by atoms with E-state index in [0.717, 1.165) is 40.4 Å². The molecule has 210 valence electrons. The Morgan fingerprint density at radius 1 is 0.875 bits per heavy atom. The number of carbonyl (C=O) groups excluding carboxylic acids is 2. The van der Waals surface area contributed by atoms with Crippen LogP contribution in [-0.4, -0.2) is 52.8 Å². The fourth-order valence-electron chi connectivity index (χ4n) is 4.69. The first-order chi connectivity index (χ1) is 19.4. The number of unbranched alkanes of at least 4 members (excludes halogenated alkanes) is 1. The fraction of sp³-hybridized carbons (Fsp3) is 0.312. The molecule has 4 rings (SSSR count). The van der Waals surface area contributed by atoms with Gasteiger partial charge in [0.1, 0.15) is 0 Å². The number of hydrogen-bond acceptors (Lipinski definition) is 3. The van der Waals surface area contributed by atoms with Gasteiger partial charge in [-0.3, -0.25) is 14.5 Å². The molecule has 0 radical (unpaired) electrons. The van der Waals surface area contributed by atoms with E-state index in [2.05, 4.69) is 23.3 Å². The molecule has 0 aliphatic carbocycles. The molecule has 1 heterocycles. The van der Waals surface area contributed by atoms with E-state index in [0.29, 0.717) is 42.6 Å². The predicted molar refractivity (Wildman–Crippen MR) is 164 cm³/mol. The minimum absolute atomic E-state index is 0.0297. The van der Waals surface area contributed by atoms with Crippen LogP contribution in [0, 0.1) is 0 Å². The van der Waals surface area contributed by atoms with Crippen molar-refractivity contribution in [3.05, 3.63) is 106 Å². The molecule has 40 heavy (non-hydrogen) atoms. The van der Waals surface area contributed by atoms with Crippen LogP contribution in [-0.2, 0) is 29.1 Å². The SMILES string of the molecule is CCCCN(CC(=O)NCc1ccccc1)CC(=O)N(CCc1c[nH]c2ccccc12)Cc1ccc(Cl)c(Cl)c1. The van der Waals surface area contributed by atoms with Crippen molar-refractivity contribution < 1.29 is 9.59 Å². The number of nitrogens with zero attached hydrogens (tertiary/aromatic N) is 2. The van der Waals surface area contributed by atoms with Crippen LogP contribution in [0.5, 0.6) is 0 Å². The van der Waals surface area contributed by atoms with E-state index >= 15 is 0 Å². The van der Waals surface area contributed by atoms with Gasteiger partial charge in [-0.2, -0.15) is 0 Å². The molecule has 0 spiro atoms. The Balaban J connectivity index is 1.45. The molecule has 3 aromatic carbocycles. The van der Waals surface area contributed by atoms with Gasteiger partial charge >= 0.3 is 0 Å². The van der Waals surface area contributed by atoms with Crippen molar-refractivity contribution >= 4 is 45.9 Å². The zero-order chi connectivity index (χ0) is 28.3. The molecule has 0 atom stereocenters. The summed E-state index contributed by atoms with van der Waals surface area (Å²) in [6.07, 6.45) is 4.59. The average Bonchev–Trinajstić information content (AvgIpc) is 3.38. The number of halogens is 2. The molecule has 0 unspecified atom stereocenters. The number of para-hydroxylation sites is 1. The zero-order valence-corrected chi connectivity index (χ0v) is 24.3. The Morgan fingerprint density at radius 3 is 2.42 bits per heavy atom. The van der Waals surface area contributed by atoms with Gasteiger partial charge in [0.05, 0.1) is 23.1 Å². The maximum atomic E-state index is 13.7. The first-order valence-corrected chi connectivity index (χ1v) is 14.5. The lowest BCUT2D eigenvalue weighted by Gasteiger charge is -2.27. The quantitative estimate of drug-likeness (QED) is 0.180. The average molecular weight is 580 g/mol. The maximum absolute atomic E-state index is 13.7. The van der Waals surface area contributed by atoms with Crippen molar-refractivity contribution in [1.29, 1.82) is 0 Å². The fourth-order valence-corrected chi connectivity index (χ4v) is 5.01. The van der Waals surface area contributed by atoms with Crippen molar-refractivity contribution in [3.63, 3.8) is 0 Å². The molecular formula is C32H36Cl2N4O2. The molecule has 8 heteroatoms. The predicted octanol–water partition coefficient (Wildman–Crippen LogP) is 6.46. The van der Waals surface area contributed by atoms with Gasteiger partial charge < -0.3 is 15.2 Å². The third-order valence-corrected chi connectivity index (χ3v) is 7.66. The number of amides is 2. The van der Waals surface area contributed by atoms with Gasteiger partial charge in [0, 0.05) is 36.7 Å². The van der Waals surface area contributed by atoms with Crippen LogP contribution in [0.15, 0.2) is 79.0 Å². The normalized spacial score (nSPS) is 11.2. The van der Waals surface area contributed by atoms with Gasteiger partial charge in [-0.25, -0.2) is 0 Å². The number of benzene rings is 3. The lowest BCUT2D eigenvalue weighted by Crippen LogP contribution is -2.45. The Labute approximate surface area is 246 Å². The second-order valence-electron chi connectivity index (χ2n) is 10.00. The largest absolute Gasteiger partial charge is 0.361 e. The number of aromatic amines is 1. The van der Waals surface area contributed by atoms with E-state index in [9.17, 15) is 9.59 Å². The molecule has 4 aromatic rings. The van der Waals surface area contributed by atoms with Crippen molar-refractivity contribution in [1.82, 2.24) is 20.1 Å². The molecular weight excluding hydrogens is 543 g/mol. The van der Waals surface area contributed by atoms with Gasteiger partial charge in [-0.05, 0) is 54.3 Å². The minimum atomic E-state index is -0.0948. The van der Waals surface area contributed by atoms with Crippen molar-refractivity contribution in [2.75, 3.05) is 26.2 Å². The number of nitrogens with one attached hydrogen (secondary N) is 2. The van der Waals surface area contributed by atoms with Crippen molar-refractivity contribution in [2.45, 2.75) is 39.3 Å². The summed E-state index contributed by atoms with van der Waals surface area (Å²) < 4.78 is 0. The van der Waals surface area contributed by atoms with E-state index in [1.165, 1.54) is 0 Å². The third kappa shape index (κ3) is 8.59. The highest BCUT2D eigenvalue weighted by molar-refractivity contribution is 6.42. The highest BCUT2D eigenvalue weighted by atomic mass is 35.5. The van der Waals surface area contributed by atoms with E-state index in [-0.39, 0.29) is 24.9 Å². The van der Waals surface area contributed by atoms with Crippen LogP contribution in [0.2, 0.25) is 10.0 Å². The molecule has 6 nitrogen and oxygen atoms in total. The second kappa shape index (κ2) is 14.9. The van der Waals surface area contributed by atoms with Crippen LogP contribution < -0.4 is 5.32 Å². The summed E-state index contributed by atoms with van der Waals surface area (Å²) >= 11 is 12.4. The maximum Gasteiger partial charge on any atom is 0.237 e.